The van der Waals surface area contributed by atoms with E-state index in [0.29, 0.717) is 11.3 Å². The second-order valence-corrected chi connectivity index (χ2v) is 7.41. The van der Waals surface area contributed by atoms with Gasteiger partial charge < -0.3 is 10.1 Å². The fourth-order valence-electron chi connectivity index (χ4n) is 3.56. The third kappa shape index (κ3) is 3.02. The molecule has 2 aromatic heterocycles. The molecule has 1 aliphatic heterocycles. The Hall–Kier alpha value is -3.23. The Labute approximate surface area is 160 Å². The number of nitrogens with one attached hydrogen (secondary N) is 1. The van der Waals surface area contributed by atoms with Crippen LogP contribution in [0.25, 0.3) is 5.65 Å². The van der Waals surface area contributed by atoms with E-state index in [1.54, 1.807) is 32.0 Å². The van der Waals surface area contributed by atoms with Crippen molar-refractivity contribution in [2.24, 2.45) is 5.92 Å². The van der Waals surface area contributed by atoms with E-state index in [4.69, 9.17) is 4.74 Å². The molecule has 1 aliphatic carbocycles. The zero-order chi connectivity index (χ0) is 20.1. The Balaban J connectivity index is 1.42. The molecular weight excluding hydrogens is 364 g/mol. The molecule has 0 spiro atoms. The second kappa shape index (κ2) is 6.43. The minimum Gasteiger partial charge on any atom is -0.458 e. The van der Waals surface area contributed by atoms with Gasteiger partial charge in [-0.15, -0.1) is 0 Å². The standard InChI is InChI=1S/C19H20N4O5/c1-11-4-3-5-14-20-13(8-15(24)23(11)14)10-28-16(25)9-22-17(26)19(2,12-6-7-12)21-18(22)27/h3-5,8,12H,6-7,9-10H2,1-2H3,(H,21,27)/t19-/m0/s1. The number of hydrogen-bond acceptors (Lipinski definition) is 6. The SMILES string of the molecule is Cc1cccc2nc(COC(=O)CN3C(=O)N[C@@](C)(C4CC4)C3=O)cc(=O)n12. The molecule has 9 nitrogen and oxygen atoms in total. The predicted octanol–water partition coefficient (Wildman–Crippen LogP) is 0.767. The largest absolute Gasteiger partial charge is 0.458 e. The molecule has 0 unspecified atom stereocenters. The van der Waals surface area contributed by atoms with Crippen LogP contribution in [-0.2, 0) is 20.9 Å². The van der Waals surface area contributed by atoms with Crippen molar-refractivity contribution in [1.82, 2.24) is 19.6 Å². The van der Waals surface area contributed by atoms with E-state index >= 15 is 0 Å². The maximum absolute atomic E-state index is 12.5. The van der Waals surface area contributed by atoms with E-state index < -0.39 is 30.0 Å². The summed E-state index contributed by atoms with van der Waals surface area (Å²) < 4.78 is 6.60. The summed E-state index contributed by atoms with van der Waals surface area (Å²) in [6.07, 6.45) is 1.76. The molecule has 2 fully saturated rings. The number of carbonyl (C=O) groups is 3. The molecule has 1 saturated heterocycles. The number of rotatable bonds is 5. The number of fused-ring (bicyclic) bond motifs is 1. The van der Waals surface area contributed by atoms with E-state index in [-0.39, 0.29) is 18.1 Å². The Bertz CT molecular complexity index is 1060. The fraction of sp³-hybridized carbons (Fsp3) is 0.421. The van der Waals surface area contributed by atoms with Crippen LogP contribution in [-0.4, -0.2) is 44.3 Å². The lowest BCUT2D eigenvalue weighted by molar-refractivity contribution is -0.149. The van der Waals surface area contributed by atoms with E-state index in [0.717, 1.165) is 23.4 Å². The highest BCUT2D eigenvalue weighted by atomic mass is 16.5. The molecule has 1 N–H and O–H groups in total. The monoisotopic (exact) mass is 384 g/mol. The van der Waals surface area contributed by atoms with Crippen LogP contribution in [0.1, 0.15) is 31.2 Å². The first-order valence-electron chi connectivity index (χ1n) is 9.07. The average Bonchev–Trinajstić information content (AvgIpc) is 3.46. The smallest absolute Gasteiger partial charge is 0.326 e. The molecule has 0 bridgehead atoms. The van der Waals surface area contributed by atoms with Gasteiger partial charge in [0.2, 0.25) is 0 Å². The molecule has 1 saturated carbocycles. The predicted molar refractivity (Wildman–Crippen MR) is 97.4 cm³/mol. The molecule has 3 heterocycles. The third-order valence-corrected chi connectivity index (χ3v) is 5.30. The van der Waals surface area contributed by atoms with Crippen molar-refractivity contribution in [3.63, 3.8) is 0 Å². The number of esters is 1. The molecule has 2 aliphatic rings. The molecule has 2 aromatic rings. The van der Waals surface area contributed by atoms with Gasteiger partial charge in [0.1, 0.15) is 24.3 Å². The van der Waals surface area contributed by atoms with E-state index in [1.807, 2.05) is 0 Å². The Kier molecular flexibility index (Phi) is 4.17. The number of imide groups is 1. The summed E-state index contributed by atoms with van der Waals surface area (Å²) in [5.74, 6) is -1.03. The Morgan fingerprint density at radius 2 is 2.07 bits per heavy atom. The van der Waals surface area contributed by atoms with Crippen LogP contribution in [0, 0.1) is 12.8 Å². The zero-order valence-electron chi connectivity index (χ0n) is 15.6. The van der Waals surface area contributed by atoms with Crippen molar-refractivity contribution >= 4 is 23.6 Å². The molecule has 1 atom stereocenters. The van der Waals surface area contributed by atoms with Crippen molar-refractivity contribution in [1.29, 1.82) is 0 Å². The van der Waals surface area contributed by atoms with Gasteiger partial charge in [0.15, 0.2) is 0 Å². The first-order valence-corrected chi connectivity index (χ1v) is 9.07. The molecule has 0 radical (unpaired) electrons. The minimum atomic E-state index is -0.941. The van der Waals surface area contributed by atoms with Crippen molar-refractivity contribution in [3.8, 4) is 0 Å². The van der Waals surface area contributed by atoms with E-state index in [1.165, 1.54) is 10.5 Å². The van der Waals surface area contributed by atoms with Crippen LogP contribution >= 0.6 is 0 Å². The zero-order valence-corrected chi connectivity index (χ0v) is 15.6. The number of amides is 3. The van der Waals surface area contributed by atoms with Crippen LogP contribution in [0.4, 0.5) is 4.79 Å². The fourth-order valence-corrected chi connectivity index (χ4v) is 3.56. The normalized spacial score (nSPS) is 21.9. The number of pyridine rings is 1. The molecule has 28 heavy (non-hydrogen) atoms. The molecule has 4 rings (SSSR count). The highest BCUT2D eigenvalue weighted by Gasteiger charge is 2.56. The van der Waals surface area contributed by atoms with Crippen LogP contribution in [0.15, 0.2) is 29.1 Å². The number of urea groups is 1. The molecule has 146 valence electrons. The third-order valence-electron chi connectivity index (χ3n) is 5.30. The Morgan fingerprint density at radius 3 is 2.79 bits per heavy atom. The van der Waals surface area contributed by atoms with Gasteiger partial charge in [0.05, 0.1) is 5.69 Å². The molecular formula is C19H20N4O5. The van der Waals surface area contributed by atoms with Gasteiger partial charge in [0, 0.05) is 11.8 Å². The Morgan fingerprint density at radius 1 is 1.32 bits per heavy atom. The number of nitrogens with zero attached hydrogens (tertiary/aromatic N) is 3. The lowest BCUT2D eigenvalue weighted by Crippen LogP contribution is -2.46. The van der Waals surface area contributed by atoms with Gasteiger partial charge in [-0.25, -0.2) is 9.78 Å². The minimum absolute atomic E-state index is 0.114. The van der Waals surface area contributed by atoms with Gasteiger partial charge in [-0.05, 0) is 44.7 Å². The number of ether oxygens (including phenoxy) is 1. The molecule has 0 aromatic carbocycles. The maximum atomic E-state index is 12.5. The topological polar surface area (TPSA) is 110 Å². The van der Waals surface area contributed by atoms with Crippen LogP contribution in [0.5, 0.6) is 0 Å². The summed E-state index contributed by atoms with van der Waals surface area (Å²) in [4.78, 5) is 54.2. The summed E-state index contributed by atoms with van der Waals surface area (Å²) >= 11 is 0. The summed E-state index contributed by atoms with van der Waals surface area (Å²) in [7, 11) is 0. The number of aryl methyl sites for hydroxylation is 1. The van der Waals surface area contributed by atoms with Crippen LogP contribution in [0.3, 0.4) is 0 Å². The van der Waals surface area contributed by atoms with Crippen molar-refractivity contribution in [3.05, 3.63) is 46.0 Å². The van der Waals surface area contributed by atoms with Crippen molar-refractivity contribution < 1.29 is 19.1 Å². The van der Waals surface area contributed by atoms with E-state index in [9.17, 15) is 19.2 Å². The highest BCUT2D eigenvalue weighted by Crippen LogP contribution is 2.42. The van der Waals surface area contributed by atoms with Crippen molar-refractivity contribution in [2.75, 3.05) is 6.54 Å². The van der Waals surface area contributed by atoms with Gasteiger partial charge in [0.25, 0.3) is 11.5 Å². The van der Waals surface area contributed by atoms with Gasteiger partial charge in [-0.3, -0.25) is 23.7 Å². The summed E-state index contributed by atoms with van der Waals surface area (Å²) in [6.45, 7) is 2.79. The van der Waals surface area contributed by atoms with Gasteiger partial charge in [-0.2, -0.15) is 0 Å². The van der Waals surface area contributed by atoms with E-state index in [2.05, 4.69) is 10.3 Å². The summed E-state index contributed by atoms with van der Waals surface area (Å²) in [6, 6.07) is 5.97. The molecule has 9 heteroatoms. The van der Waals surface area contributed by atoms with Crippen LogP contribution in [0.2, 0.25) is 0 Å². The van der Waals surface area contributed by atoms with Crippen molar-refractivity contribution in [2.45, 2.75) is 38.8 Å². The maximum Gasteiger partial charge on any atom is 0.326 e. The average molecular weight is 384 g/mol. The first-order chi connectivity index (χ1) is 13.3. The highest BCUT2D eigenvalue weighted by molar-refractivity contribution is 6.08. The first kappa shape index (κ1) is 18.1. The second-order valence-electron chi connectivity index (χ2n) is 7.41. The molecule has 3 amide bonds. The van der Waals surface area contributed by atoms with Gasteiger partial charge >= 0.3 is 12.0 Å². The number of aromatic nitrogens is 2. The summed E-state index contributed by atoms with van der Waals surface area (Å²) in [5, 5.41) is 2.68. The number of carbonyl (C=O) groups excluding carboxylic acids is 3. The quantitative estimate of drug-likeness (QED) is 0.602. The summed E-state index contributed by atoms with van der Waals surface area (Å²) in [5.41, 5.74) is 0.278. The van der Waals surface area contributed by atoms with Crippen LogP contribution < -0.4 is 10.9 Å². The number of hydrogen-bond donors (Lipinski definition) is 1. The lowest BCUT2D eigenvalue weighted by atomic mass is 9.96. The lowest BCUT2D eigenvalue weighted by Gasteiger charge is -2.20. The van der Waals surface area contributed by atoms with Gasteiger partial charge in [-0.1, -0.05) is 6.07 Å².